The molecule has 1 aliphatic rings. The molecule has 0 aliphatic heterocycles. The molecule has 0 aromatic heterocycles. The summed E-state index contributed by atoms with van der Waals surface area (Å²) in [5.41, 5.74) is 3.91. The summed E-state index contributed by atoms with van der Waals surface area (Å²) < 4.78 is 0. The molecule has 21 heavy (non-hydrogen) atoms. The summed E-state index contributed by atoms with van der Waals surface area (Å²) in [5.74, 6) is 0.157. The fourth-order valence-electron chi connectivity index (χ4n) is 2.61. The molecule has 0 bridgehead atoms. The number of thioether (sulfide) groups is 1. The number of nitrogens with one attached hydrogen (secondary N) is 1. The molecule has 0 unspecified atom stereocenters. The molecule has 2 nitrogen and oxygen atoms in total. The van der Waals surface area contributed by atoms with Crippen LogP contribution in [-0.4, -0.2) is 12.0 Å². The van der Waals surface area contributed by atoms with Gasteiger partial charge in [-0.1, -0.05) is 42.5 Å². The van der Waals surface area contributed by atoms with Crippen LogP contribution in [0.15, 0.2) is 65.2 Å². The summed E-state index contributed by atoms with van der Waals surface area (Å²) in [5, 5.41) is 4.34. The van der Waals surface area contributed by atoms with Gasteiger partial charge in [0.15, 0.2) is 5.78 Å². The maximum absolute atomic E-state index is 12.7. The van der Waals surface area contributed by atoms with Gasteiger partial charge in [-0.15, -0.1) is 11.8 Å². The van der Waals surface area contributed by atoms with Crippen LogP contribution in [0.1, 0.15) is 22.3 Å². The summed E-state index contributed by atoms with van der Waals surface area (Å²) in [6.45, 7) is 0. The highest BCUT2D eigenvalue weighted by atomic mass is 32.2. The van der Waals surface area contributed by atoms with Gasteiger partial charge in [-0.05, 0) is 36.8 Å². The van der Waals surface area contributed by atoms with Gasteiger partial charge in [0.2, 0.25) is 0 Å². The number of para-hydroxylation sites is 1. The molecule has 3 heteroatoms. The standard InChI is InChI=1S/C18H17NOS/c1-21-18(19-14-8-3-2-4-9-14)16-12-11-13-7-5-6-10-15(13)17(16)20/h2-10,19H,11-12H2,1H3/b18-16+. The molecular weight excluding hydrogens is 278 g/mol. The molecule has 0 saturated carbocycles. The highest BCUT2D eigenvalue weighted by Gasteiger charge is 2.24. The predicted molar refractivity (Wildman–Crippen MR) is 89.7 cm³/mol. The number of benzene rings is 2. The second-order valence-corrected chi connectivity index (χ2v) is 5.81. The van der Waals surface area contributed by atoms with E-state index in [0.29, 0.717) is 0 Å². The number of hydrogen-bond donors (Lipinski definition) is 1. The summed E-state index contributed by atoms with van der Waals surface area (Å²) in [4.78, 5) is 12.7. The maximum Gasteiger partial charge on any atom is 0.191 e. The smallest absolute Gasteiger partial charge is 0.191 e. The Kier molecular flexibility index (Phi) is 4.11. The molecule has 106 valence electrons. The normalized spacial score (nSPS) is 16.3. The van der Waals surface area contributed by atoms with Crippen molar-refractivity contribution in [3.8, 4) is 0 Å². The van der Waals surface area contributed by atoms with E-state index in [9.17, 15) is 4.79 Å². The van der Waals surface area contributed by atoms with Crippen molar-refractivity contribution in [3.05, 3.63) is 76.3 Å². The number of carbonyl (C=O) groups is 1. The number of hydrogen-bond acceptors (Lipinski definition) is 3. The molecule has 2 aromatic rings. The first-order chi connectivity index (χ1) is 10.3. The van der Waals surface area contributed by atoms with E-state index in [1.54, 1.807) is 11.8 Å². The van der Waals surface area contributed by atoms with Crippen LogP contribution in [0, 0.1) is 0 Å². The van der Waals surface area contributed by atoms with Gasteiger partial charge in [0.25, 0.3) is 0 Å². The van der Waals surface area contributed by atoms with E-state index in [1.165, 1.54) is 0 Å². The monoisotopic (exact) mass is 295 g/mol. The van der Waals surface area contributed by atoms with Crippen molar-refractivity contribution >= 4 is 23.2 Å². The van der Waals surface area contributed by atoms with E-state index >= 15 is 0 Å². The van der Waals surface area contributed by atoms with Gasteiger partial charge in [0.1, 0.15) is 0 Å². The van der Waals surface area contributed by atoms with E-state index in [2.05, 4.69) is 5.32 Å². The average molecular weight is 295 g/mol. The van der Waals surface area contributed by atoms with E-state index in [4.69, 9.17) is 0 Å². The van der Waals surface area contributed by atoms with Crippen LogP contribution < -0.4 is 5.32 Å². The fourth-order valence-corrected chi connectivity index (χ4v) is 3.28. The number of carbonyl (C=O) groups excluding carboxylic acids is 1. The Morgan fingerprint density at radius 1 is 1.00 bits per heavy atom. The Hall–Kier alpha value is -2.00. The number of rotatable bonds is 3. The van der Waals surface area contributed by atoms with Crippen molar-refractivity contribution in [1.82, 2.24) is 0 Å². The summed E-state index contributed by atoms with van der Waals surface area (Å²) in [7, 11) is 0. The number of aryl methyl sites for hydroxylation is 1. The molecule has 0 saturated heterocycles. The molecule has 0 amide bonds. The van der Waals surface area contributed by atoms with E-state index in [-0.39, 0.29) is 5.78 Å². The van der Waals surface area contributed by atoms with Crippen LogP contribution in [-0.2, 0) is 6.42 Å². The third-order valence-corrected chi connectivity index (χ3v) is 4.45. The van der Waals surface area contributed by atoms with Crippen LogP contribution in [0.5, 0.6) is 0 Å². The molecular formula is C18H17NOS. The van der Waals surface area contributed by atoms with E-state index in [1.807, 2.05) is 60.9 Å². The summed E-state index contributed by atoms with van der Waals surface area (Å²) in [6, 6.07) is 17.9. The topological polar surface area (TPSA) is 29.1 Å². The van der Waals surface area contributed by atoms with Crippen LogP contribution in [0.3, 0.4) is 0 Å². The van der Waals surface area contributed by atoms with Crippen molar-refractivity contribution in [1.29, 1.82) is 0 Å². The Balaban J connectivity index is 1.95. The second kappa shape index (κ2) is 6.19. The second-order valence-electron chi connectivity index (χ2n) is 4.99. The highest BCUT2D eigenvalue weighted by Crippen LogP contribution is 2.31. The first-order valence-corrected chi connectivity index (χ1v) is 8.24. The lowest BCUT2D eigenvalue weighted by Crippen LogP contribution is -2.17. The number of allylic oxidation sites excluding steroid dienone is 1. The van der Waals surface area contributed by atoms with Crippen LogP contribution in [0.4, 0.5) is 5.69 Å². The molecule has 1 N–H and O–H groups in total. The fraction of sp³-hybridized carbons (Fsp3) is 0.167. The Labute approximate surface area is 129 Å². The minimum atomic E-state index is 0.157. The van der Waals surface area contributed by atoms with Gasteiger partial charge in [-0.3, -0.25) is 4.79 Å². The van der Waals surface area contributed by atoms with Gasteiger partial charge < -0.3 is 5.32 Å². The Morgan fingerprint density at radius 2 is 1.71 bits per heavy atom. The molecule has 3 rings (SSSR count). The highest BCUT2D eigenvalue weighted by molar-refractivity contribution is 8.02. The zero-order valence-corrected chi connectivity index (χ0v) is 12.7. The molecule has 2 aromatic carbocycles. The van der Waals surface area contributed by atoms with Crippen molar-refractivity contribution in [3.63, 3.8) is 0 Å². The Morgan fingerprint density at radius 3 is 2.48 bits per heavy atom. The predicted octanol–water partition coefficient (Wildman–Crippen LogP) is 4.50. The average Bonchev–Trinajstić information content (AvgIpc) is 2.55. The lowest BCUT2D eigenvalue weighted by Gasteiger charge is -2.21. The van der Waals surface area contributed by atoms with Crippen LogP contribution in [0.25, 0.3) is 0 Å². The van der Waals surface area contributed by atoms with Gasteiger partial charge >= 0.3 is 0 Å². The van der Waals surface area contributed by atoms with E-state index in [0.717, 1.165) is 40.3 Å². The Bertz CT molecular complexity index is 691. The van der Waals surface area contributed by atoms with Gasteiger partial charge in [-0.25, -0.2) is 0 Å². The minimum Gasteiger partial charge on any atom is -0.350 e. The largest absolute Gasteiger partial charge is 0.350 e. The first-order valence-electron chi connectivity index (χ1n) is 7.01. The number of Topliss-reactive ketones (excluding diaryl/α,β-unsaturated/α-hetero) is 1. The number of fused-ring (bicyclic) bond motifs is 1. The lowest BCUT2D eigenvalue weighted by molar-refractivity contribution is 0.102. The van der Waals surface area contributed by atoms with Gasteiger partial charge in [-0.2, -0.15) is 0 Å². The molecule has 0 heterocycles. The van der Waals surface area contributed by atoms with Crippen molar-refractivity contribution in [2.75, 3.05) is 11.6 Å². The summed E-state index contributed by atoms with van der Waals surface area (Å²) in [6.07, 6.45) is 3.73. The zero-order chi connectivity index (χ0) is 14.7. The maximum atomic E-state index is 12.7. The van der Waals surface area contributed by atoms with Crippen LogP contribution in [0.2, 0.25) is 0 Å². The minimum absolute atomic E-state index is 0.157. The molecule has 0 spiro atoms. The van der Waals surface area contributed by atoms with Crippen molar-refractivity contribution in [2.45, 2.75) is 12.8 Å². The molecule has 0 radical (unpaired) electrons. The quantitative estimate of drug-likeness (QED) is 0.845. The molecule has 0 fully saturated rings. The molecule has 0 atom stereocenters. The summed E-state index contributed by atoms with van der Waals surface area (Å²) >= 11 is 1.60. The number of anilines is 1. The number of ketones is 1. The molecule has 1 aliphatic carbocycles. The third kappa shape index (κ3) is 2.88. The van der Waals surface area contributed by atoms with Crippen LogP contribution >= 0.6 is 11.8 Å². The van der Waals surface area contributed by atoms with Gasteiger partial charge in [0, 0.05) is 16.8 Å². The SMILES string of the molecule is CS/C(Nc1ccccc1)=C1\CCc2ccccc2C1=O. The van der Waals surface area contributed by atoms with Crippen molar-refractivity contribution in [2.24, 2.45) is 0 Å². The zero-order valence-electron chi connectivity index (χ0n) is 11.9. The van der Waals surface area contributed by atoms with Gasteiger partial charge in [0.05, 0.1) is 5.03 Å². The third-order valence-electron chi connectivity index (χ3n) is 3.69. The van der Waals surface area contributed by atoms with E-state index < -0.39 is 0 Å². The lowest BCUT2D eigenvalue weighted by atomic mass is 9.87. The first kappa shape index (κ1) is 14.0. The van der Waals surface area contributed by atoms with Crippen molar-refractivity contribution < 1.29 is 4.79 Å².